The van der Waals surface area contributed by atoms with Crippen molar-refractivity contribution in [3.05, 3.63) is 12.7 Å². The number of rotatable bonds is 6. The van der Waals surface area contributed by atoms with Crippen LogP contribution < -0.4 is 5.32 Å². The third-order valence-electron chi connectivity index (χ3n) is 3.60. The maximum Gasteiger partial charge on any atom is 0.0111 e. The molecule has 0 aliphatic heterocycles. The maximum absolute atomic E-state index is 3.73. The van der Waals surface area contributed by atoms with Crippen molar-refractivity contribution in [2.75, 3.05) is 18.1 Å². The predicted octanol–water partition coefficient (Wildman–Crippen LogP) is 3.32. The monoisotopic (exact) mass is 227 g/mol. The minimum absolute atomic E-state index is 0.762. The van der Waals surface area contributed by atoms with Crippen LogP contribution in [-0.2, 0) is 0 Å². The Morgan fingerprint density at radius 2 is 2.20 bits per heavy atom. The molecule has 88 valence electrons. The Morgan fingerprint density at radius 1 is 1.40 bits per heavy atom. The highest BCUT2D eigenvalue weighted by molar-refractivity contribution is 7.99. The molecule has 0 aromatic rings. The summed E-state index contributed by atoms with van der Waals surface area (Å²) in [5.74, 6) is 4.04. The molecule has 0 radical (unpaired) electrons. The minimum atomic E-state index is 0.762. The molecule has 0 aromatic carbocycles. The van der Waals surface area contributed by atoms with Gasteiger partial charge in [0.15, 0.2) is 0 Å². The van der Waals surface area contributed by atoms with E-state index < -0.39 is 0 Å². The maximum atomic E-state index is 3.73. The second-order valence-electron chi connectivity index (χ2n) is 4.69. The van der Waals surface area contributed by atoms with Crippen molar-refractivity contribution in [2.45, 2.75) is 39.2 Å². The molecule has 0 spiro atoms. The molecular weight excluding hydrogens is 202 g/mol. The summed E-state index contributed by atoms with van der Waals surface area (Å²) in [4.78, 5) is 0. The molecule has 3 atom stereocenters. The van der Waals surface area contributed by atoms with Gasteiger partial charge in [0.2, 0.25) is 0 Å². The zero-order chi connectivity index (χ0) is 11.1. The summed E-state index contributed by atoms with van der Waals surface area (Å²) >= 11 is 1.96. The molecule has 1 aliphatic carbocycles. The second-order valence-corrected chi connectivity index (χ2v) is 5.84. The molecule has 0 bridgehead atoms. The molecule has 1 fully saturated rings. The fraction of sp³-hybridized carbons (Fsp3) is 0.846. The van der Waals surface area contributed by atoms with Gasteiger partial charge in [0.25, 0.3) is 0 Å². The van der Waals surface area contributed by atoms with Crippen LogP contribution in [0.4, 0.5) is 0 Å². The van der Waals surface area contributed by atoms with Gasteiger partial charge in [0, 0.05) is 24.1 Å². The summed E-state index contributed by atoms with van der Waals surface area (Å²) in [6.45, 7) is 9.68. The van der Waals surface area contributed by atoms with Gasteiger partial charge in [-0.2, -0.15) is 11.8 Å². The third kappa shape index (κ3) is 4.60. The van der Waals surface area contributed by atoms with E-state index in [4.69, 9.17) is 0 Å². The number of hydrogen-bond donors (Lipinski definition) is 1. The van der Waals surface area contributed by atoms with Crippen molar-refractivity contribution < 1.29 is 0 Å². The van der Waals surface area contributed by atoms with E-state index in [2.05, 4.69) is 25.7 Å². The molecule has 1 saturated carbocycles. The topological polar surface area (TPSA) is 12.0 Å². The lowest BCUT2D eigenvalue weighted by molar-refractivity contribution is 0.210. The normalized spacial score (nSPS) is 31.5. The molecule has 0 heterocycles. The summed E-state index contributed by atoms with van der Waals surface area (Å²) in [6.07, 6.45) is 6.18. The van der Waals surface area contributed by atoms with Gasteiger partial charge in [-0.3, -0.25) is 0 Å². The fourth-order valence-electron chi connectivity index (χ4n) is 2.35. The van der Waals surface area contributed by atoms with Crippen LogP contribution in [0.3, 0.4) is 0 Å². The first-order chi connectivity index (χ1) is 7.25. The molecule has 2 heteroatoms. The van der Waals surface area contributed by atoms with Crippen LogP contribution in [0.25, 0.3) is 0 Å². The standard InChI is InChI=1S/C13H25NS/c1-4-9-15-10-8-14-13-7-5-6-11(2)12(13)3/h4,11-14H,1,5-10H2,2-3H3. The lowest BCUT2D eigenvalue weighted by Gasteiger charge is -2.34. The quantitative estimate of drug-likeness (QED) is 0.552. The molecule has 0 amide bonds. The molecule has 1 nitrogen and oxygen atoms in total. The smallest absolute Gasteiger partial charge is 0.0111 e. The highest BCUT2D eigenvalue weighted by Crippen LogP contribution is 2.29. The molecule has 3 unspecified atom stereocenters. The van der Waals surface area contributed by atoms with Crippen molar-refractivity contribution in [3.63, 3.8) is 0 Å². The van der Waals surface area contributed by atoms with Gasteiger partial charge in [-0.25, -0.2) is 0 Å². The van der Waals surface area contributed by atoms with E-state index in [0.29, 0.717) is 0 Å². The zero-order valence-electron chi connectivity index (χ0n) is 10.2. The lowest BCUT2D eigenvalue weighted by Crippen LogP contribution is -2.41. The van der Waals surface area contributed by atoms with Crippen molar-refractivity contribution in [1.82, 2.24) is 5.32 Å². The van der Waals surface area contributed by atoms with Gasteiger partial charge >= 0.3 is 0 Å². The van der Waals surface area contributed by atoms with Crippen molar-refractivity contribution in [3.8, 4) is 0 Å². The van der Waals surface area contributed by atoms with E-state index in [1.54, 1.807) is 0 Å². The van der Waals surface area contributed by atoms with E-state index in [9.17, 15) is 0 Å². The van der Waals surface area contributed by atoms with Crippen LogP contribution >= 0.6 is 11.8 Å². The largest absolute Gasteiger partial charge is 0.313 e. The SMILES string of the molecule is C=CCSCCNC1CCCC(C)C1C. The van der Waals surface area contributed by atoms with E-state index in [-0.39, 0.29) is 0 Å². The Bertz CT molecular complexity index is 181. The number of hydrogen-bond acceptors (Lipinski definition) is 2. The summed E-state index contributed by atoms with van der Waals surface area (Å²) in [6, 6.07) is 0.762. The summed E-state index contributed by atoms with van der Waals surface area (Å²) < 4.78 is 0. The lowest BCUT2D eigenvalue weighted by atomic mass is 9.78. The Labute approximate surface area is 99.1 Å². The van der Waals surface area contributed by atoms with Crippen LogP contribution in [0.1, 0.15) is 33.1 Å². The first-order valence-electron chi connectivity index (χ1n) is 6.17. The van der Waals surface area contributed by atoms with E-state index in [1.807, 2.05) is 17.8 Å². The van der Waals surface area contributed by atoms with Crippen LogP contribution in [0, 0.1) is 11.8 Å². The van der Waals surface area contributed by atoms with E-state index in [1.165, 1.54) is 25.0 Å². The van der Waals surface area contributed by atoms with Gasteiger partial charge in [-0.05, 0) is 18.3 Å². The molecular formula is C13H25NS. The second kappa shape index (κ2) is 7.34. The average molecular weight is 227 g/mol. The highest BCUT2D eigenvalue weighted by Gasteiger charge is 2.26. The number of nitrogens with one attached hydrogen (secondary N) is 1. The first-order valence-corrected chi connectivity index (χ1v) is 7.33. The highest BCUT2D eigenvalue weighted by atomic mass is 32.2. The predicted molar refractivity (Wildman–Crippen MR) is 71.5 cm³/mol. The average Bonchev–Trinajstić information content (AvgIpc) is 2.24. The Kier molecular flexibility index (Phi) is 6.42. The van der Waals surface area contributed by atoms with Gasteiger partial charge in [-0.1, -0.05) is 32.8 Å². The van der Waals surface area contributed by atoms with Crippen LogP contribution in [0.2, 0.25) is 0 Å². The minimum Gasteiger partial charge on any atom is -0.313 e. The van der Waals surface area contributed by atoms with Crippen LogP contribution in [0.5, 0.6) is 0 Å². The number of thioether (sulfide) groups is 1. The van der Waals surface area contributed by atoms with Crippen molar-refractivity contribution in [2.24, 2.45) is 11.8 Å². The Hall–Kier alpha value is 0.0500. The molecule has 1 rings (SSSR count). The molecule has 1 N–H and O–H groups in total. The van der Waals surface area contributed by atoms with E-state index in [0.717, 1.165) is 30.2 Å². The van der Waals surface area contributed by atoms with Gasteiger partial charge < -0.3 is 5.32 Å². The first kappa shape index (κ1) is 13.1. The molecule has 0 saturated heterocycles. The van der Waals surface area contributed by atoms with Gasteiger partial charge in [0.05, 0.1) is 0 Å². The van der Waals surface area contributed by atoms with Gasteiger partial charge in [0.1, 0.15) is 0 Å². The Balaban J connectivity index is 2.11. The molecule has 15 heavy (non-hydrogen) atoms. The van der Waals surface area contributed by atoms with Gasteiger partial charge in [-0.15, -0.1) is 6.58 Å². The van der Waals surface area contributed by atoms with Crippen LogP contribution in [-0.4, -0.2) is 24.1 Å². The molecule has 1 aliphatic rings. The Morgan fingerprint density at radius 3 is 2.93 bits per heavy atom. The summed E-state index contributed by atoms with van der Waals surface area (Å²) in [5.41, 5.74) is 0. The molecule has 0 aromatic heterocycles. The third-order valence-corrected chi connectivity index (χ3v) is 4.56. The fourth-order valence-corrected chi connectivity index (χ4v) is 2.95. The summed E-state index contributed by atoms with van der Waals surface area (Å²) in [7, 11) is 0. The van der Waals surface area contributed by atoms with E-state index >= 15 is 0 Å². The zero-order valence-corrected chi connectivity index (χ0v) is 11.0. The van der Waals surface area contributed by atoms with Crippen molar-refractivity contribution >= 4 is 11.8 Å². The van der Waals surface area contributed by atoms with Crippen LogP contribution in [0.15, 0.2) is 12.7 Å². The van der Waals surface area contributed by atoms with Crippen molar-refractivity contribution in [1.29, 1.82) is 0 Å². The summed E-state index contributed by atoms with van der Waals surface area (Å²) in [5, 5.41) is 3.71.